The Morgan fingerprint density at radius 1 is 1.24 bits per heavy atom. The number of fused-ring (bicyclic) bond motifs is 1. The van der Waals surface area contributed by atoms with Gasteiger partial charge in [-0.05, 0) is 44.7 Å². The second kappa shape index (κ2) is 5.96. The SMILES string of the molecule is CC(Cl)c1nc2cc(F)ccc2n1C(C)C1CCCCC1. The number of hydrogen-bond acceptors (Lipinski definition) is 1. The molecule has 4 heteroatoms. The molecule has 1 saturated carbocycles. The number of rotatable bonds is 3. The molecule has 114 valence electrons. The number of alkyl halides is 1. The first-order valence-corrected chi connectivity index (χ1v) is 8.33. The number of imidazole rings is 1. The van der Waals surface area contributed by atoms with Crippen molar-refractivity contribution in [1.82, 2.24) is 9.55 Å². The zero-order valence-corrected chi connectivity index (χ0v) is 13.4. The molecule has 2 nitrogen and oxygen atoms in total. The second-order valence-electron chi connectivity index (χ2n) is 6.23. The highest BCUT2D eigenvalue weighted by Crippen LogP contribution is 2.37. The van der Waals surface area contributed by atoms with Crippen LogP contribution in [0.3, 0.4) is 0 Å². The van der Waals surface area contributed by atoms with Crippen LogP contribution < -0.4 is 0 Å². The molecule has 0 spiro atoms. The number of benzene rings is 1. The van der Waals surface area contributed by atoms with E-state index in [9.17, 15) is 4.39 Å². The summed E-state index contributed by atoms with van der Waals surface area (Å²) in [5.74, 6) is 1.27. The molecule has 2 atom stereocenters. The van der Waals surface area contributed by atoms with Crippen molar-refractivity contribution < 1.29 is 4.39 Å². The normalized spacial score (nSPS) is 19.8. The maximum atomic E-state index is 13.5. The Balaban J connectivity index is 2.07. The zero-order chi connectivity index (χ0) is 15.0. The predicted octanol–water partition coefficient (Wildman–Crippen LogP) is 5.62. The van der Waals surface area contributed by atoms with E-state index in [1.54, 1.807) is 0 Å². The Hall–Kier alpha value is -1.09. The monoisotopic (exact) mass is 308 g/mol. The maximum Gasteiger partial charge on any atom is 0.127 e. The summed E-state index contributed by atoms with van der Waals surface area (Å²) in [7, 11) is 0. The van der Waals surface area contributed by atoms with Crippen LogP contribution in [0.5, 0.6) is 0 Å². The van der Waals surface area contributed by atoms with Crippen molar-refractivity contribution in [3.05, 3.63) is 29.8 Å². The molecule has 1 aliphatic carbocycles. The predicted molar refractivity (Wildman–Crippen MR) is 85.2 cm³/mol. The van der Waals surface area contributed by atoms with E-state index in [2.05, 4.69) is 16.5 Å². The topological polar surface area (TPSA) is 17.8 Å². The van der Waals surface area contributed by atoms with Crippen LogP contribution in [0.15, 0.2) is 18.2 Å². The summed E-state index contributed by atoms with van der Waals surface area (Å²) in [5, 5.41) is -0.175. The summed E-state index contributed by atoms with van der Waals surface area (Å²) in [5.41, 5.74) is 1.71. The van der Waals surface area contributed by atoms with Gasteiger partial charge >= 0.3 is 0 Å². The lowest BCUT2D eigenvalue weighted by atomic mass is 9.84. The average Bonchev–Trinajstić information content (AvgIpc) is 2.86. The Morgan fingerprint density at radius 2 is 1.95 bits per heavy atom. The summed E-state index contributed by atoms with van der Waals surface area (Å²) in [6, 6.07) is 5.20. The molecule has 1 aliphatic rings. The molecular formula is C17H22ClFN2. The minimum atomic E-state index is -0.244. The van der Waals surface area contributed by atoms with Crippen LogP contribution in [0, 0.1) is 11.7 Å². The highest BCUT2D eigenvalue weighted by Gasteiger charge is 2.26. The standard InChI is InChI=1S/C17H22ClFN2/c1-11(18)17-20-15-10-14(19)8-9-16(15)21(17)12(2)13-6-4-3-5-7-13/h8-13H,3-7H2,1-2H3. The smallest absolute Gasteiger partial charge is 0.127 e. The van der Waals surface area contributed by atoms with Gasteiger partial charge in [-0.2, -0.15) is 0 Å². The van der Waals surface area contributed by atoms with Crippen LogP contribution >= 0.6 is 11.6 Å². The number of halogens is 2. The second-order valence-corrected chi connectivity index (χ2v) is 6.88. The van der Waals surface area contributed by atoms with Gasteiger partial charge in [0, 0.05) is 12.1 Å². The zero-order valence-electron chi connectivity index (χ0n) is 12.6. The van der Waals surface area contributed by atoms with Gasteiger partial charge in [0.2, 0.25) is 0 Å². The molecule has 0 bridgehead atoms. The molecule has 0 saturated heterocycles. The number of nitrogens with zero attached hydrogens (tertiary/aromatic N) is 2. The van der Waals surface area contributed by atoms with E-state index in [-0.39, 0.29) is 11.2 Å². The molecule has 1 fully saturated rings. The van der Waals surface area contributed by atoms with Gasteiger partial charge in [-0.25, -0.2) is 9.37 Å². The van der Waals surface area contributed by atoms with Gasteiger partial charge in [-0.3, -0.25) is 0 Å². The molecule has 0 aliphatic heterocycles. The van der Waals surface area contributed by atoms with Gasteiger partial charge in [0.15, 0.2) is 0 Å². The van der Waals surface area contributed by atoms with Crippen molar-refractivity contribution in [1.29, 1.82) is 0 Å². The molecule has 0 amide bonds. The average molecular weight is 309 g/mol. The summed E-state index contributed by atoms with van der Waals surface area (Å²) >= 11 is 6.33. The molecule has 1 aromatic heterocycles. The summed E-state index contributed by atoms with van der Waals surface area (Å²) < 4.78 is 15.7. The van der Waals surface area contributed by atoms with E-state index in [1.807, 2.05) is 13.0 Å². The Kier molecular flexibility index (Phi) is 4.21. The first-order valence-electron chi connectivity index (χ1n) is 7.89. The number of aromatic nitrogens is 2. The highest BCUT2D eigenvalue weighted by molar-refractivity contribution is 6.20. The summed E-state index contributed by atoms with van der Waals surface area (Å²) in [4.78, 5) is 4.58. The molecule has 1 aromatic carbocycles. The largest absolute Gasteiger partial charge is 0.324 e. The van der Waals surface area contributed by atoms with Crippen molar-refractivity contribution in [2.45, 2.75) is 57.4 Å². The van der Waals surface area contributed by atoms with Crippen LogP contribution in [-0.2, 0) is 0 Å². The lowest BCUT2D eigenvalue weighted by Gasteiger charge is -2.30. The van der Waals surface area contributed by atoms with E-state index in [0.29, 0.717) is 17.5 Å². The van der Waals surface area contributed by atoms with Crippen LogP contribution in [0.1, 0.15) is 63.2 Å². The molecule has 21 heavy (non-hydrogen) atoms. The van der Waals surface area contributed by atoms with E-state index < -0.39 is 0 Å². The quantitative estimate of drug-likeness (QED) is 0.673. The van der Waals surface area contributed by atoms with Crippen molar-refractivity contribution >= 4 is 22.6 Å². The first kappa shape index (κ1) is 14.8. The van der Waals surface area contributed by atoms with Crippen LogP contribution in [0.25, 0.3) is 11.0 Å². The fourth-order valence-electron chi connectivity index (χ4n) is 3.63. The fraction of sp³-hybridized carbons (Fsp3) is 0.588. The third-order valence-electron chi connectivity index (χ3n) is 4.77. The van der Waals surface area contributed by atoms with Gasteiger partial charge in [-0.1, -0.05) is 19.3 Å². The van der Waals surface area contributed by atoms with Crippen LogP contribution in [0.2, 0.25) is 0 Å². The maximum absolute atomic E-state index is 13.5. The number of hydrogen-bond donors (Lipinski definition) is 0. The molecule has 2 aromatic rings. The van der Waals surface area contributed by atoms with E-state index in [1.165, 1.54) is 44.2 Å². The minimum absolute atomic E-state index is 0.175. The highest BCUT2D eigenvalue weighted by atomic mass is 35.5. The Labute approximate surface area is 130 Å². The van der Waals surface area contributed by atoms with Crippen molar-refractivity contribution in [2.75, 3.05) is 0 Å². The Bertz CT molecular complexity index is 629. The van der Waals surface area contributed by atoms with Gasteiger partial charge in [0.1, 0.15) is 11.6 Å². The van der Waals surface area contributed by atoms with Crippen molar-refractivity contribution in [3.63, 3.8) is 0 Å². The first-order chi connectivity index (χ1) is 10.1. The van der Waals surface area contributed by atoms with Gasteiger partial charge in [0.05, 0.1) is 16.4 Å². The lowest BCUT2D eigenvalue weighted by Crippen LogP contribution is -2.21. The minimum Gasteiger partial charge on any atom is -0.324 e. The Morgan fingerprint density at radius 3 is 2.62 bits per heavy atom. The molecule has 1 heterocycles. The molecule has 0 radical (unpaired) electrons. The van der Waals surface area contributed by atoms with Gasteiger partial charge < -0.3 is 4.57 Å². The van der Waals surface area contributed by atoms with Gasteiger partial charge in [-0.15, -0.1) is 11.6 Å². The summed E-state index contributed by atoms with van der Waals surface area (Å²) in [6.07, 6.45) is 6.48. The molecular weight excluding hydrogens is 287 g/mol. The van der Waals surface area contributed by atoms with E-state index in [0.717, 1.165) is 11.3 Å². The molecule has 2 unspecified atom stereocenters. The third kappa shape index (κ3) is 2.80. The van der Waals surface area contributed by atoms with Crippen LogP contribution in [0.4, 0.5) is 4.39 Å². The third-order valence-corrected chi connectivity index (χ3v) is 4.97. The molecule has 3 rings (SSSR count). The van der Waals surface area contributed by atoms with Crippen molar-refractivity contribution in [3.8, 4) is 0 Å². The van der Waals surface area contributed by atoms with Crippen molar-refractivity contribution in [2.24, 2.45) is 5.92 Å². The van der Waals surface area contributed by atoms with Gasteiger partial charge in [0.25, 0.3) is 0 Å². The fourth-order valence-corrected chi connectivity index (χ4v) is 3.78. The van der Waals surface area contributed by atoms with E-state index >= 15 is 0 Å². The van der Waals surface area contributed by atoms with Crippen LogP contribution in [-0.4, -0.2) is 9.55 Å². The lowest BCUT2D eigenvalue weighted by molar-refractivity contribution is 0.264. The summed E-state index contributed by atoms with van der Waals surface area (Å²) in [6.45, 7) is 4.19. The molecule has 0 N–H and O–H groups in total. The van der Waals surface area contributed by atoms with E-state index in [4.69, 9.17) is 11.6 Å².